The largest absolute Gasteiger partial charge is 0.467 e. The number of thioether (sulfide) groups is 1. The second kappa shape index (κ2) is 11.9. The lowest BCUT2D eigenvalue weighted by molar-refractivity contribution is 0.105. The molecule has 0 amide bonds. The third-order valence-electron chi connectivity index (χ3n) is 3.05. The SMILES string of the molecule is CN=C(NCCCOCc1ccco1)NCCCSc1nccs1. The van der Waals surface area contributed by atoms with E-state index >= 15 is 0 Å². The monoisotopic (exact) mass is 368 g/mol. The van der Waals surface area contributed by atoms with Crippen LogP contribution in [0.3, 0.4) is 0 Å². The van der Waals surface area contributed by atoms with Crippen LogP contribution < -0.4 is 10.6 Å². The molecule has 0 aromatic carbocycles. The van der Waals surface area contributed by atoms with E-state index in [-0.39, 0.29) is 0 Å². The number of aromatic nitrogens is 1. The molecule has 0 aliphatic heterocycles. The van der Waals surface area contributed by atoms with Crippen LogP contribution in [0.15, 0.2) is 43.7 Å². The molecule has 2 heterocycles. The predicted octanol–water partition coefficient (Wildman–Crippen LogP) is 2.99. The maximum atomic E-state index is 5.54. The van der Waals surface area contributed by atoms with Crippen LogP contribution in [0.25, 0.3) is 0 Å². The first-order chi connectivity index (χ1) is 11.9. The molecule has 0 radical (unpaired) electrons. The molecule has 0 aliphatic rings. The molecular weight excluding hydrogens is 344 g/mol. The summed E-state index contributed by atoms with van der Waals surface area (Å²) in [5.41, 5.74) is 0. The van der Waals surface area contributed by atoms with Crippen LogP contribution >= 0.6 is 23.1 Å². The molecule has 8 heteroatoms. The first kappa shape index (κ1) is 18.8. The van der Waals surface area contributed by atoms with E-state index in [2.05, 4.69) is 20.6 Å². The highest BCUT2D eigenvalue weighted by atomic mass is 32.2. The number of ether oxygens (including phenoxy) is 1. The van der Waals surface area contributed by atoms with Crippen LogP contribution in [-0.2, 0) is 11.3 Å². The van der Waals surface area contributed by atoms with E-state index in [1.807, 2.05) is 23.7 Å². The molecule has 0 saturated carbocycles. The molecule has 0 bridgehead atoms. The van der Waals surface area contributed by atoms with Gasteiger partial charge in [-0.2, -0.15) is 0 Å². The van der Waals surface area contributed by atoms with Crippen molar-refractivity contribution in [1.29, 1.82) is 0 Å². The Morgan fingerprint density at radius 2 is 2.25 bits per heavy atom. The third-order valence-corrected chi connectivity index (χ3v) is 5.11. The van der Waals surface area contributed by atoms with Crippen molar-refractivity contribution in [3.63, 3.8) is 0 Å². The summed E-state index contributed by atoms with van der Waals surface area (Å²) >= 11 is 3.48. The number of nitrogens with zero attached hydrogens (tertiary/aromatic N) is 2. The Morgan fingerprint density at radius 3 is 2.96 bits per heavy atom. The van der Waals surface area contributed by atoms with Crippen LogP contribution in [0, 0.1) is 0 Å². The minimum Gasteiger partial charge on any atom is -0.467 e. The summed E-state index contributed by atoms with van der Waals surface area (Å²) in [5, 5.41) is 8.61. The van der Waals surface area contributed by atoms with Crippen molar-refractivity contribution in [2.24, 2.45) is 4.99 Å². The Morgan fingerprint density at radius 1 is 1.38 bits per heavy atom. The molecule has 0 aliphatic carbocycles. The minimum absolute atomic E-state index is 0.525. The second-order valence-corrected chi connectivity index (χ2v) is 7.15. The molecule has 132 valence electrons. The number of guanidine groups is 1. The molecule has 2 rings (SSSR count). The van der Waals surface area contributed by atoms with Crippen molar-refractivity contribution in [3.05, 3.63) is 35.7 Å². The van der Waals surface area contributed by atoms with Gasteiger partial charge >= 0.3 is 0 Å². The summed E-state index contributed by atoms with van der Waals surface area (Å²) in [6.07, 6.45) is 5.49. The molecule has 0 unspecified atom stereocenters. The lowest BCUT2D eigenvalue weighted by Gasteiger charge is -2.11. The van der Waals surface area contributed by atoms with Gasteiger partial charge in [-0.05, 0) is 25.0 Å². The van der Waals surface area contributed by atoms with Crippen LogP contribution in [0.5, 0.6) is 0 Å². The zero-order valence-electron chi connectivity index (χ0n) is 13.9. The van der Waals surface area contributed by atoms with Crippen molar-refractivity contribution in [3.8, 4) is 0 Å². The molecule has 0 saturated heterocycles. The van der Waals surface area contributed by atoms with E-state index in [4.69, 9.17) is 9.15 Å². The normalized spacial score (nSPS) is 11.6. The standard InChI is InChI=1S/C16H24N4O2S2/c1-17-15(19-7-4-11-23-16-20-8-12-24-16)18-6-3-9-21-13-14-5-2-10-22-14/h2,5,8,10,12H,3-4,6-7,9,11,13H2,1H3,(H2,17,18,19). The van der Waals surface area contributed by atoms with E-state index in [0.717, 1.165) is 47.7 Å². The van der Waals surface area contributed by atoms with E-state index in [1.165, 1.54) is 0 Å². The number of nitrogens with one attached hydrogen (secondary N) is 2. The average Bonchev–Trinajstić information content (AvgIpc) is 3.29. The highest BCUT2D eigenvalue weighted by Gasteiger charge is 1.99. The molecule has 2 aromatic rings. The Balaban J connectivity index is 1.43. The van der Waals surface area contributed by atoms with Crippen molar-refractivity contribution < 1.29 is 9.15 Å². The number of aliphatic imine (C=N–C) groups is 1. The summed E-state index contributed by atoms with van der Waals surface area (Å²) in [6, 6.07) is 3.78. The van der Waals surface area contributed by atoms with Crippen LogP contribution in [0.4, 0.5) is 0 Å². The van der Waals surface area contributed by atoms with Gasteiger partial charge in [-0.25, -0.2) is 4.98 Å². The Labute approximate surface area is 151 Å². The van der Waals surface area contributed by atoms with Gasteiger partial charge in [-0.15, -0.1) is 11.3 Å². The maximum absolute atomic E-state index is 5.54. The second-order valence-electron chi connectivity index (χ2n) is 4.91. The van der Waals surface area contributed by atoms with Gasteiger partial charge < -0.3 is 19.8 Å². The van der Waals surface area contributed by atoms with Crippen molar-refractivity contribution >= 4 is 29.1 Å². The fourth-order valence-electron chi connectivity index (χ4n) is 1.89. The third kappa shape index (κ3) is 7.85. The molecule has 6 nitrogen and oxygen atoms in total. The van der Waals surface area contributed by atoms with Gasteiger partial charge in [0.1, 0.15) is 16.7 Å². The summed E-state index contributed by atoms with van der Waals surface area (Å²) in [7, 11) is 1.78. The average molecular weight is 369 g/mol. The van der Waals surface area contributed by atoms with Gasteiger partial charge in [0, 0.05) is 44.1 Å². The van der Waals surface area contributed by atoms with E-state index in [0.29, 0.717) is 13.2 Å². The van der Waals surface area contributed by atoms with Gasteiger partial charge in [0.05, 0.1) is 6.26 Å². The van der Waals surface area contributed by atoms with Crippen molar-refractivity contribution in [2.45, 2.75) is 23.8 Å². The maximum Gasteiger partial charge on any atom is 0.190 e. The van der Waals surface area contributed by atoms with Gasteiger partial charge in [0.15, 0.2) is 5.96 Å². The van der Waals surface area contributed by atoms with Crippen molar-refractivity contribution in [1.82, 2.24) is 15.6 Å². The molecule has 2 N–H and O–H groups in total. The van der Waals surface area contributed by atoms with Crippen LogP contribution in [0.1, 0.15) is 18.6 Å². The predicted molar refractivity (Wildman–Crippen MR) is 99.8 cm³/mol. The lowest BCUT2D eigenvalue weighted by atomic mass is 10.4. The number of rotatable bonds is 11. The Hall–Kier alpha value is -1.51. The summed E-state index contributed by atoms with van der Waals surface area (Å²) < 4.78 is 11.9. The highest BCUT2D eigenvalue weighted by Crippen LogP contribution is 2.20. The molecule has 2 aromatic heterocycles. The lowest BCUT2D eigenvalue weighted by Crippen LogP contribution is -2.38. The molecule has 24 heavy (non-hydrogen) atoms. The quantitative estimate of drug-likeness (QED) is 0.275. The smallest absolute Gasteiger partial charge is 0.190 e. The Bertz CT molecular complexity index is 559. The Kier molecular flexibility index (Phi) is 9.36. The number of thiazole rings is 1. The van der Waals surface area contributed by atoms with E-state index in [9.17, 15) is 0 Å². The summed E-state index contributed by atoms with van der Waals surface area (Å²) in [6.45, 7) is 2.94. The first-order valence-electron chi connectivity index (χ1n) is 7.95. The zero-order chi connectivity index (χ0) is 16.9. The minimum atomic E-state index is 0.525. The molecule has 0 fully saturated rings. The van der Waals surface area contributed by atoms with Crippen LogP contribution in [-0.4, -0.2) is 43.4 Å². The fourth-order valence-corrected chi connectivity index (χ4v) is 3.54. The van der Waals surface area contributed by atoms with E-state index in [1.54, 1.807) is 36.4 Å². The van der Waals surface area contributed by atoms with Gasteiger partial charge in [-0.3, -0.25) is 4.99 Å². The summed E-state index contributed by atoms with van der Waals surface area (Å²) in [4.78, 5) is 8.47. The zero-order valence-corrected chi connectivity index (χ0v) is 15.5. The molecule has 0 atom stereocenters. The van der Waals surface area contributed by atoms with Gasteiger partial charge in [0.2, 0.25) is 0 Å². The van der Waals surface area contributed by atoms with E-state index < -0.39 is 0 Å². The molecule has 0 spiro atoms. The summed E-state index contributed by atoms with van der Waals surface area (Å²) in [5.74, 6) is 2.74. The fraction of sp³-hybridized carbons (Fsp3) is 0.500. The van der Waals surface area contributed by atoms with Crippen LogP contribution in [0.2, 0.25) is 0 Å². The topological polar surface area (TPSA) is 71.7 Å². The molecular formula is C16H24N4O2S2. The van der Waals surface area contributed by atoms with Gasteiger partial charge in [0.25, 0.3) is 0 Å². The van der Waals surface area contributed by atoms with Crippen molar-refractivity contribution in [2.75, 3.05) is 32.5 Å². The highest BCUT2D eigenvalue weighted by molar-refractivity contribution is 8.00. The van der Waals surface area contributed by atoms with Gasteiger partial charge in [-0.1, -0.05) is 11.8 Å². The first-order valence-corrected chi connectivity index (χ1v) is 9.82. The number of hydrogen-bond donors (Lipinski definition) is 2. The number of hydrogen-bond acceptors (Lipinski definition) is 6. The number of furan rings is 1.